The third-order valence-electron chi connectivity index (χ3n) is 4.21. The highest BCUT2D eigenvalue weighted by Crippen LogP contribution is 2.28. The van der Waals surface area contributed by atoms with Gasteiger partial charge in [-0.3, -0.25) is 4.79 Å². The lowest BCUT2D eigenvalue weighted by Crippen LogP contribution is -2.32. The van der Waals surface area contributed by atoms with Crippen LogP contribution in [-0.2, 0) is 0 Å². The van der Waals surface area contributed by atoms with E-state index in [4.69, 9.17) is 0 Å². The van der Waals surface area contributed by atoms with Crippen molar-refractivity contribution in [1.82, 2.24) is 5.32 Å². The van der Waals surface area contributed by atoms with Crippen LogP contribution in [0.1, 0.15) is 56.8 Å². The van der Waals surface area contributed by atoms with Crippen molar-refractivity contribution in [2.45, 2.75) is 52.5 Å². The first-order chi connectivity index (χ1) is 10.1. The van der Waals surface area contributed by atoms with Gasteiger partial charge in [0.05, 0.1) is 5.56 Å². The van der Waals surface area contributed by atoms with E-state index in [-0.39, 0.29) is 5.91 Å². The standard InChI is InChI=1S/C18H28N2O/c1-13(2)20-17-10-5-4-9-16(17)18(21)19-12-15-8-6-7-14(3)11-15/h4-5,9-10,13-15,20H,6-8,11-12H2,1-3H3,(H,19,21). The van der Waals surface area contributed by atoms with Gasteiger partial charge in [-0.2, -0.15) is 0 Å². The van der Waals surface area contributed by atoms with Gasteiger partial charge in [0.25, 0.3) is 5.91 Å². The molecule has 3 nitrogen and oxygen atoms in total. The van der Waals surface area contributed by atoms with Crippen molar-refractivity contribution in [3.63, 3.8) is 0 Å². The van der Waals surface area contributed by atoms with E-state index in [0.29, 0.717) is 12.0 Å². The topological polar surface area (TPSA) is 41.1 Å². The van der Waals surface area contributed by atoms with E-state index in [9.17, 15) is 4.79 Å². The molecular weight excluding hydrogens is 260 g/mol. The fraction of sp³-hybridized carbons (Fsp3) is 0.611. The Bertz CT molecular complexity index is 470. The van der Waals surface area contributed by atoms with E-state index >= 15 is 0 Å². The fourth-order valence-electron chi connectivity index (χ4n) is 3.20. The van der Waals surface area contributed by atoms with E-state index in [1.165, 1.54) is 25.7 Å². The number of para-hydroxylation sites is 1. The molecule has 1 aliphatic carbocycles. The number of carbonyl (C=O) groups excluding carboxylic acids is 1. The highest BCUT2D eigenvalue weighted by Gasteiger charge is 2.20. The molecule has 0 radical (unpaired) electrons. The summed E-state index contributed by atoms with van der Waals surface area (Å²) in [5.41, 5.74) is 1.66. The predicted molar refractivity (Wildman–Crippen MR) is 88.7 cm³/mol. The number of anilines is 1. The number of rotatable bonds is 5. The Kier molecular flexibility index (Phi) is 5.66. The fourth-order valence-corrected chi connectivity index (χ4v) is 3.20. The highest BCUT2D eigenvalue weighted by atomic mass is 16.1. The van der Waals surface area contributed by atoms with Gasteiger partial charge in [-0.25, -0.2) is 0 Å². The summed E-state index contributed by atoms with van der Waals surface area (Å²) in [6.45, 7) is 7.28. The summed E-state index contributed by atoms with van der Waals surface area (Å²) in [5, 5.41) is 6.46. The second kappa shape index (κ2) is 7.48. The lowest BCUT2D eigenvalue weighted by Gasteiger charge is -2.27. The molecule has 2 rings (SSSR count). The molecule has 21 heavy (non-hydrogen) atoms. The number of hydrogen-bond donors (Lipinski definition) is 2. The first kappa shape index (κ1) is 15.9. The van der Waals surface area contributed by atoms with Crippen molar-refractivity contribution in [2.24, 2.45) is 11.8 Å². The third-order valence-corrected chi connectivity index (χ3v) is 4.21. The average molecular weight is 288 g/mol. The number of benzene rings is 1. The Morgan fingerprint density at radius 2 is 2.05 bits per heavy atom. The molecule has 1 amide bonds. The molecule has 2 unspecified atom stereocenters. The summed E-state index contributed by atoms with van der Waals surface area (Å²) in [5.74, 6) is 1.48. The molecule has 116 valence electrons. The molecule has 0 aliphatic heterocycles. The Balaban J connectivity index is 1.94. The molecule has 1 aromatic rings. The van der Waals surface area contributed by atoms with Crippen LogP contribution in [-0.4, -0.2) is 18.5 Å². The van der Waals surface area contributed by atoms with Gasteiger partial charge in [0.15, 0.2) is 0 Å². The zero-order valence-electron chi connectivity index (χ0n) is 13.5. The SMILES string of the molecule is CC1CCCC(CNC(=O)c2ccccc2NC(C)C)C1. The van der Waals surface area contributed by atoms with Crippen LogP contribution in [0.3, 0.4) is 0 Å². The van der Waals surface area contributed by atoms with Crippen molar-refractivity contribution >= 4 is 11.6 Å². The molecule has 0 saturated heterocycles. The molecule has 1 aromatic carbocycles. The summed E-state index contributed by atoms with van der Waals surface area (Å²) in [6, 6.07) is 8.06. The lowest BCUT2D eigenvalue weighted by atomic mass is 9.82. The molecule has 1 saturated carbocycles. The third kappa shape index (κ3) is 4.76. The van der Waals surface area contributed by atoms with Crippen LogP contribution in [0, 0.1) is 11.8 Å². The maximum absolute atomic E-state index is 12.4. The van der Waals surface area contributed by atoms with E-state index in [0.717, 1.165) is 23.7 Å². The number of carbonyl (C=O) groups is 1. The van der Waals surface area contributed by atoms with E-state index in [1.54, 1.807) is 0 Å². The van der Waals surface area contributed by atoms with Crippen molar-refractivity contribution in [3.8, 4) is 0 Å². The molecule has 2 N–H and O–H groups in total. The molecule has 1 aliphatic rings. The summed E-state index contributed by atoms with van der Waals surface area (Å²) in [7, 11) is 0. The average Bonchev–Trinajstić information content (AvgIpc) is 2.45. The van der Waals surface area contributed by atoms with Crippen LogP contribution < -0.4 is 10.6 Å². The Hall–Kier alpha value is -1.51. The Morgan fingerprint density at radius 3 is 2.76 bits per heavy atom. The van der Waals surface area contributed by atoms with E-state index < -0.39 is 0 Å². The second-order valence-electron chi connectivity index (χ2n) is 6.69. The quantitative estimate of drug-likeness (QED) is 0.857. The minimum atomic E-state index is 0.0389. The summed E-state index contributed by atoms with van der Waals surface area (Å²) in [4.78, 5) is 12.4. The minimum Gasteiger partial charge on any atom is -0.382 e. The molecule has 0 heterocycles. The van der Waals surface area contributed by atoms with Gasteiger partial charge in [0.1, 0.15) is 0 Å². The van der Waals surface area contributed by atoms with Crippen molar-refractivity contribution in [2.75, 3.05) is 11.9 Å². The van der Waals surface area contributed by atoms with E-state index in [1.807, 2.05) is 24.3 Å². The first-order valence-corrected chi connectivity index (χ1v) is 8.20. The Morgan fingerprint density at radius 1 is 1.29 bits per heavy atom. The number of hydrogen-bond acceptors (Lipinski definition) is 2. The zero-order chi connectivity index (χ0) is 15.2. The van der Waals surface area contributed by atoms with Crippen LogP contribution in [0.5, 0.6) is 0 Å². The maximum Gasteiger partial charge on any atom is 0.253 e. The van der Waals surface area contributed by atoms with Crippen LogP contribution in [0.4, 0.5) is 5.69 Å². The number of amides is 1. The van der Waals surface area contributed by atoms with Crippen molar-refractivity contribution < 1.29 is 4.79 Å². The normalized spacial score (nSPS) is 22.1. The second-order valence-corrected chi connectivity index (χ2v) is 6.69. The smallest absolute Gasteiger partial charge is 0.253 e. The molecule has 1 fully saturated rings. The lowest BCUT2D eigenvalue weighted by molar-refractivity contribution is 0.0941. The van der Waals surface area contributed by atoms with Gasteiger partial charge in [-0.1, -0.05) is 31.9 Å². The largest absolute Gasteiger partial charge is 0.382 e. The highest BCUT2D eigenvalue weighted by molar-refractivity contribution is 5.99. The molecule has 3 heteroatoms. The Labute approximate surface area is 128 Å². The molecule has 2 atom stereocenters. The van der Waals surface area contributed by atoms with Crippen LogP contribution in [0.2, 0.25) is 0 Å². The zero-order valence-corrected chi connectivity index (χ0v) is 13.5. The monoisotopic (exact) mass is 288 g/mol. The van der Waals surface area contributed by atoms with Gasteiger partial charge >= 0.3 is 0 Å². The van der Waals surface area contributed by atoms with Crippen molar-refractivity contribution in [1.29, 1.82) is 0 Å². The first-order valence-electron chi connectivity index (χ1n) is 8.20. The molecule has 0 bridgehead atoms. The molecule has 0 aromatic heterocycles. The van der Waals surface area contributed by atoms with Gasteiger partial charge in [0, 0.05) is 18.3 Å². The predicted octanol–water partition coefficient (Wildman–Crippen LogP) is 4.06. The maximum atomic E-state index is 12.4. The summed E-state index contributed by atoms with van der Waals surface area (Å²) in [6.07, 6.45) is 5.13. The molecular formula is C18H28N2O. The number of nitrogens with one attached hydrogen (secondary N) is 2. The van der Waals surface area contributed by atoms with Crippen LogP contribution in [0.15, 0.2) is 24.3 Å². The summed E-state index contributed by atoms with van der Waals surface area (Å²) < 4.78 is 0. The minimum absolute atomic E-state index is 0.0389. The molecule has 0 spiro atoms. The van der Waals surface area contributed by atoms with Crippen molar-refractivity contribution in [3.05, 3.63) is 29.8 Å². The summed E-state index contributed by atoms with van der Waals surface area (Å²) >= 11 is 0. The van der Waals surface area contributed by atoms with Gasteiger partial charge in [-0.15, -0.1) is 0 Å². The van der Waals surface area contributed by atoms with Gasteiger partial charge in [0.2, 0.25) is 0 Å². The van der Waals surface area contributed by atoms with E-state index in [2.05, 4.69) is 31.4 Å². The van der Waals surface area contributed by atoms with Gasteiger partial charge < -0.3 is 10.6 Å². The van der Waals surface area contributed by atoms with Crippen LogP contribution >= 0.6 is 0 Å². The van der Waals surface area contributed by atoms with Gasteiger partial charge in [-0.05, 0) is 50.7 Å². The van der Waals surface area contributed by atoms with Crippen LogP contribution in [0.25, 0.3) is 0 Å².